The Bertz CT molecular complexity index is 1280. The summed E-state index contributed by atoms with van der Waals surface area (Å²) in [5.41, 5.74) is 9.53. The number of carboxylic acid groups (broad SMARTS) is 1. The highest BCUT2D eigenvalue weighted by molar-refractivity contribution is 5.91. The lowest BCUT2D eigenvalue weighted by molar-refractivity contribution is 0.0696. The van der Waals surface area contributed by atoms with Crippen molar-refractivity contribution in [2.24, 2.45) is 0 Å². The van der Waals surface area contributed by atoms with Gasteiger partial charge in [0.1, 0.15) is 0 Å². The molecular weight excluding hydrogens is 408 g/mol. The minimum atomic E-state index is -0.914. The smallest absolute Gasteiger partial charge is 0.335 e. The van der Waals surface area contributed by atoms with Crippen LogP contribution in [0.25, 0.3) is 11.1 Å². The predicted octanol–water partition coefficient (Wildman–Crippen LogP) is 6.33. The number of benzene rings is 2. The number of allylic oxidation sites excluding steroid dienone is 1. The summed E-state index contributed by atoms with van der Waals surface area (Å²) in [6.45, 7) is 10.7. The average molecular weight is 439 g/mol. The second-order valence-corrected chi connectivity index (χ2v) is 9.58. The van der Waals surface area contributed by atoms with E-state index in [9.17, 15) is 9.90 Å². The first-order chi connectivity index (χ1) is 15.6. The van der Waals surface area contributed by atoms with Gasteiger partial charge in [-0.2, -0.15) is 0 Å². The molecule has 4 heteroatoms. The molecule has 0 saturated heterocycles. The molecule has 1 aromatic heterocycles. The van der Waals surface area contributed by atoms with E-state index in [1.807, 2.05) is 44.2 Å². The summed E-state index contributed by atoms with van der Waals surface area (Å²) in [6, 6.07) is 16.1. The van der Waals surface area contributed by atoms with Crippen LogP contribution in [0.4, 0.5) is 5.69 Å². The molecule has 0 saturated carbocycles. The second-order valence-electron chi connectivity index (χ2n) is 9.58. The zero-order valence-electron chi connectivity index (χ0n) is 19.9. The van der Waals surface area contributed by atoms with E-state index in [2.05, 4.69) is 56.8 Å². The molecule has 4 nitrogen and oxygen atoms in total. The van der Waals surface area contributed by atoms with E-state index >= 15 is 0 Å². The number of pyridine rings is 1. The molecule has 0 aliphatic heterocycles. The monoisotopic (exact) mass is 438 g/mol. The van der Waals surface area contributed by atoms with Crippen molar-refractivity contribution in [2.45, 2.75) is 32.6 Å². The molecule has 0 spiro atoms. The van der Waals surface area contributed by atoms with Gasteiger partial charge in [0, 0.05) is 19.7 Å². The fraction of sp³-hybridized carbons (Fsp3) is 0.241. The highest BCUT2D eigenvalue weighted by Crippen LogP contribution is 2.42. The Morgan fingerprint density at radius 3 is 2.36 bits per heavy atom. The van der Waals surface area contributed by atoms with Gasteiger partial charge in [-0.15, -0.1) is 0 Å². The zero-order chi connectivity index (χ0) is 23.9. The van der Waals surface area contributed by atoms with E-state index in [0.29, 0.717) is 5.56 Å². The van der Waals surface area contributed by atoms with Crippen molar-refractivity contribution in [3.63, 3.8) is 0 Å². The number of hydrogen-bond acceptors (Lipinski definition) is 3. The van der Waals surface area contributed by atoms with Crippen LogP contribution >= 0.6 is 0 Å². The van der Waals surface area contributed by atoms with Crippen LogP contribution in [0.2, 0.25) is 0 Å². The molecule has 3 aromatic rings. The van der Waals surface area contributed by atoms with Crippen molar-refractivity contribution in [1.29, 1.82) is 0 Å². The molecule has 0 fully saturated rings. The normalized spacial score (nSPS) is 14.3. The zero-order valence-corrected chi connectivity index (χ0v) is 19.9. The lowest BCUT2D eigenvalue weighted by Gasteiger charge is -2.32. The van der Waals surface area contributed by atoms with Gasteiger partial charge in [-0.25, -0.2) is 4.79 Å². The molecule has 1 heterocycles. The Hall–Kier alpha value is -3.66. The molecule has 0 radical (unpaired) electrons. The number of rotatable bonds is 5. The van der Waals surface area contributed by atoms with E-state index in [1.54, 1.807) is 6.07 Å². The predicted molar refractivity (Wildman–Crippen MR) is 136 cm³/mol. The number of nitrogens with zero attached hydrogens (tertiary/aromatic N) is 2. The van der Waals surface area contributed by atoms with E-state index in [4.69, 9.17) is 4.98 Å². The first-order valence-electron chi connectivity index (χ1n) is 11.1. The summed E-state index contributed by atoms with van der Waals surface area (Å²) in [7, 11) is 4.02. The molecule has 1 N–H and O–H groups in total. The van der Waals surface area contributed by atoms with Crippen LogP contribution < -0.4 is 4.90 Å². The third kappa shape index (κ3) is 4.21. The standard InChI is InChI=1S/C29H30N2O2/c1-18-15-20(7-10-23(18)28(32)33)19(2)21-8-11-26-25(16-21)24(13-14-29(26,3)4)27-12-9-22(17-30-27)31(5)6/h7-13,15-17H,2,14H2,1,3-6H3,(H,32,33). The van der Waals surface area contributed by atoms with Gasteiger partial charge in [0.05, 0.1) is 23.1 Å². The van der Waals surface area contributed by atoms with Gasteiger partial charge in [0.15, 0.2) is 0 Å². The quantitative estimate of drug-likeness (QED) is 0.506. The summed E-state index contributed by atoms with van der Waals surface area (Å²) < 4.78 is 0. The van der Waals surface area contributed by atoms with E-state index in [1.165, 1.54) is 11.1 Å². The van der Waals surface area contributed by atoms with E-state index in [-0.39, 0.29) is 5.41 Å². The summed E-state index contributed by atoms with van der Waals surface area (Å²) in [4.78, 5) is 18.2. The minimum absolute atomic E-state index is 0.0298. The van der Waals surface area contributed by atoms with Gasteiger partial charge in [-0.05, 0) is 76.4 Å². The molecule has 0 bridgehead atoms. The molecule has 2 aromatic carbocycles. The van der Waals surface area contributed by atoms with Crippen LogP contribution in [0.15, 0.2) is 67.4 Å². The maximum atomic E-state index is 11.4. The molecule has 0 unspecified atom stereocenters. The van der Waals surface area contributed by atoms with Crippen LogP contribution in [-0.2, 0) is 5.41 Å². The third-order valence-electron chi connectivity index (χ3n) is 6.55. The van der Waals surface area contributed by atoms with Gasteiger partial charge in [-0.3, -0.25) is 4.98 Å². The largest absolute Gasteiger partial charge is 0.478 e. The summed E-state index contributed by atoms with van der Waals surface area (Å²) in [6.07, 6.45) is 5.14. The molecule has 0 atom stereocenters. The molecular formula is C29H30N2O2. The lowest BCUT2D eigenvalue weighted by atomic mass is 9.72. The van der Waals surface area contributed by atoms with Crippen LogP contribution in [-0.4, -0.2) is 30.2 Å². The van der Waals surface area contributed by atoms with Crippen molar-refractivity contribution < 1.29 is 9.90 Å². The van der Waals surface area contributed by atoms with E-state index in [0.717, 1.165) is 45.6 Å². The second kappa shape index (κ2) is 8.36. The number of carboxylic acids is 1. The van der Waals surface area contributed by atoms with Crippen LogP contribution in [0, 0.1) is 6.92 Å². The van der Waals surface area contributed by atoms with Crippen LogP contribution in [0.1, 0.15) is 64.1 Å². The number of carbonyl (C=O) groups is 1. The van der Waals surface area contributed by atoms with Crippen molar-refractivity contribution in [2.75, 3.05) is 19.0 Å². The maximum absolute atomic E-state index is 11.4. The Balaban J connectivity index is 1.77. The number of aromatic carboxylic acids is 1. The number of hydrogen-bond donors (Lipinski definition) is 1. The Morgan fingerprint density at radius 2 is 1.76 bits per heavy atom. The molecule has 4 rings (SSSR count). The van der Waals surface area contributed by atoms with Crippen molar-refractivity contribution >= 4 is 22.8 Å². The fourth-order valence-electron chi connectivity index (χ4n) is 4.43. The van der Waals surface area contributed by atoms with Crippen LogP contribution in [0.5, 0.6) is 0 Å². The number of aryl methyl sites for hydroxylation is 1. The van der Waals surface area contributed by atoms with Gasteiger partial charge >= 0.3 is 5.97 Å². The molecule has 1 aliphatic carbocycles. The SMILES string of the molecule is C=C(c1ccc(C(=O)O)c(C)c1)c1ccc2c(c1)C(c1ccc(N(C)C)cn1)=CCC2(C)C. The van der Waals surface area contributed by atoms with Gasteiger partial charge in [0.2, 0.25) is 0 Å². The highest BCUT2D eigenvalue weighted by Gasteiger charge is 2.29. The van der Waals surface area contributed by atoms with E-state index < -0.39 is 5.97 Å². The maximum Gasteiger partial charge on any atom is 0.335 e. The highest BCUT2D eigenvalue weighted by atomic mass is 16.4. The topological polar surface area (TPSA) is 53.4 Å². The summed E-state index contributed by atoms with van der Waals surface area (Å²) in [5, 5.41) is 9.34. The van der Waals surface area contributed by atoms with Crippen LogP contribution in [0.3, 0.4) is 0 Å². The summed E-state index contributed by atoms with van der Waals surface area (Å²) in [5.74, 6) is -0.914. The average Bonchev–Trinajstić information content (AvgIpc) is 2.78. The van der Waals surface area contributed by atoms with Gasteiger partial charge in [0.25, 0.3) is 0 Å². The molecule has 0 amide bonds. The van der Waals surface area contributed by atoms with Crippen molar-refractivity contribution in [1.82, 2.24) is 4.98 Å². The number of fused-ring (bicyclic) bond motifs is 1. The van der Waals surface area contributed by atoms with Crippen molar-refractivity contribution in [3.05, 3.63) is 106 Å². The first kappa shape index (κ1) is 22.5. The number of anilines is 1. The van der Waals surface area contributed by atoms with Crippen molar-refractivity contribution in [3.8, 4) is 0 Å². The third-order valence-corrected chi connectivity index (χ3v) is 6.55. The lowest BCUT2D eigenvalue weighted by Crippen LogP contribution is -2.22. The first-order valence-corrected chi connectivity index (χ1v) is 11.1. The molecule has 1 aliphatic rings. The molecule has 168 valence electrons. The van der Waals surface area contributed by atoms with Gasteiger partial charge in [-0.1, -0.05) is 50.8 Å². The summed E-state index contributed by atoms with van der Waals surface area (Å²) >= 11 is 0. The Labute approximate surface area is 195 Å². The Kier molecular flexibility index (Phi) is 5.71. The minimum Gasteiger partial charge on any atom is -0.478 e. The molecule has 33 heavy (non-hydrogen) atoms. The fourth-order valence-corrected chi connectivity index (χ4v) is 4.43. The van der Waals surface area contributed by atoms with Gasteiger partial charge < -0.3 is 10.0 Å². The Morgan fingerprint density at radius 1 is 1.06 bits per heavy atom. The number of aromatic nitrogens is 1.